The molecule has 1 aliphatic heterocycles. The molecule has 1 fully saturated rings. The van der Waals surface area contributed by atoms with Crippen LogP contribution in [0.15, 0.2) is 45.1 Å². The maximum absolute atomic E-state index is 5.68. The molecule has 4 aliphatic carbocycles. The van der Waals surface area contributed by atoms with E-state index < -0.39 is 0 Å². The van der Waals surface area contributed by atoms with Crippen molar-refractivity contribution in [1.82, 2.24) is 15.0 Å². The predicted octanol–water partition coefficient (Wildman–Crippen LogP) is 6.74. The normalized spacial score (nSPS) is 39.1. The van der Waals surface area contributed by atoms with Crippen molar-refractivity contribution in [3.8, 4) is 0 Å². The van der Waals surface area contributed by atoms with E-state index in [1.807, 2.05) is 6.26 Å². The average Bonchev–Trinajstić information content (AvgIpc) is 3.12. The van der Waals surface area contributed by atoms with E-state index in [1.54, 1.807) is 17.0 Å². The van der Waals surface area contributed by atoms with Crippen LogP contribution in [0.3, 0.4) is 0 Å². The molecule has 33 heavy (non-hydrogen) atoms. The summed E-state index contributed by atoms with van der Waals surface area (Å²) >= 11 is 0. The maximum Gasteiger partial charge on any atom is 0.127 e. The summed E-state index contributed by atoms with van der Waals surface area (Å²) in [5.41, 5.74) is 11.1. The van der Waals surface area contributed by atoms with Gasteiger partial charge < -0.3 is 14.3 Å². The van der Waals surface area contributed by atoms with Crippen molar-refractivity contribution in [3.63, 3.8) is 0 Å². The predicted molar refractivity (Wildman–Crippen MR) is 132 cm³/mol. The second-order valence-corrected chi connectivity index (χ2v) is 11.9. The molecule has 4 nitrogen and oxygen atoms in total. The van der Waals surface area contributed by atoms with Crippen molar-refractivity contribution in [2.75, 3.05) is 14.1 Å². The average molecular weight is 448 g/mol. The minimum atomic E-state index is 0.0806. The lowest BCUT2D eigenvalue weighted by atomic mass is 9.58. The van der Waals surface area contributed by atoms with Gasteiger partial charge in [0.25, 0.3) is 0 Å². The molecule has 1 aromatic rings. The Kier molecular flexibility index (Phi) is 4.59. The van der Waals surface area contributed by atoms with Gasteiger partial charge in [0.15, 0.2) is 0 Å². The van der Waals surface area contributed by atoms with Crippen LogP contribution in [-0.4, -0.2) is 35.1 Å². The molecule has 0 N–H and O–H groups in total. The summed E-state index contributed by atoms with van der Waals surface area (Å²) in [6.45, 7) is 12.1. The third-order valence-electron chi connectivity index (χ3n) is 10.6. The fourth-order valence-corrected chi connectivity index (χ4v) is 8.61. The highest BCUT2D eigenvalue weighted by Crippen LogP contribution is 2.81. The van der Waals surface area contributed by atoms with Crippen LogP contribution in [0.4, 0.5) is 0 Å². The second kappa shape index (κ2) is 7.02. The van der Waals surface area contributed by atoms with E-state index in [1.165, 1.54) is 54.6 Å². The highest BCUT2D eigenvalue weighted by molar-refractivity contribution is 5.60. The van der Waals surface area contributed by atoms with E-state index in [2.05, 4.69) is 69.7 Å². The summed E-state index contributed by atoms with van der Waals surface area (Å²) in [7, 11) is 4.39. The van der Waals surface area contributed by atoms with Gasteiger partial charge in [-0.3, -0.25) is 0 Å². The fourth-order valence-electron chi connectivity index (χ4n) is 8.61. The zero-order chi connectivity index (χ0) is 23.3. The zero-order valence-electron chi connectivity index (χ0n) is 21.7. The number of hydrogen-bond acceptors (Lipinski definition) is 4. The van der Waals surface area contributed by atoms with Crippen molar-refractivity contribution in [2.24, 2.45) is 17.3 Å². The molecule has 4 unspecified atom stereocenters. The molecule has 0 amide bonds. The molecular weight excluding hydrogens is 406 g/mol. The quantitative estimate of drug-likeness (QED) is 0.512. The van der Waals surface area contributed by atoms with Crippen LogP contribution >= 0.6 is 0 Å². The minimum Gasteiger partial charge on any atom is -0.381 e. The van der Waals surface area contributed by atoms with Crippen molar-refractivity contribution in [2.45, 2.75) is 96.9 Å². The summed E-state index contributed by atoms with van der Waals surface area (Å²) in [6.07, 6.45) is 13.2. The van der Waals surface area contributed by atoms with Gasteiger partial charge in [-0.25, -0.2) is 0 Å². The summed E-state index contributed by atoms with van der Waals surface area (Å²) in [5, 5.41) is 4.61. The number of allylic oxidation sites excluding steroid dienone is 5. The lowest BCUT2D eigenvalue weighted by molar-refractivity contribution is 0.178. The van der Waals surface area contributed by atoms with Gasteiger partial charge in [0.2, 0.25) is 0 Å². The molecule has 0 radical (unpaired) electrons. The summed E-state index contributed by atoms with van der Waals surface area (Å²) in [6, 6.07) is 0.551. The molecular formula is C29H41N3O. The number of fused-ring (bicyclic) bond motifs is 3. The molecule has 2 heterocycles. The van der Waals surface area contributed by atoms with Crippen molar-refractivity contribution >= 4 is 0 Å². The molecule has 1 saturated carbocycles. The van der Waals surface area contributed by atoms with Gasteiger partial charge in [-0.05, 0) is 75.0 Å². The van der Waals surface area contributed by atoms with E-state index in [9.17, 15) is 0 Å². The van der Waals surface area contributed by atoms with Crippen LogP contribution in [-0.2, 0) is 5.41 Å². The number of rotatable bonds is 4. The van der Waals surface area contributed by atoms with Crippen molar-refractivity contribution < 1.29 is 4.52 Å². The number of nitrogens with zero attached hydrogens (tertiary/aromatic N) is 3. The van der Waals surface area contributed by atoms with Crippen LogP contribution in [0.1, 0.15) is 96.7 Å². The van der Waals surface area contributed by atoms with Gasteiger partial charge in [0.05, 0.1) is 11.7 Å². The van der Waals surface area contributed by atoms with E-state index in [0.29, 0.717) is 23.8 Å². The third-order valence-corrected chi connectivity index (χ3v) is 10.6. The lowest BCUT2D eigenvalue weighted by Gasteiger charge is -2.44. The Morgan fingerprint density at radius 1 is 1.21 bits per heavy atom. The Balaban J connectivity index is 1.55. The van der Waals surface area contributed by atoms with Gasteiger partial charge >= 0.3 is 0 Å². The molecule has 1 spiro atoms. The Bertz CT molecular complexity index is 1090. The molecule has 5 aliphatic rings. The van der Waals surface area contributed by atoms with Crippen molar-refractivity contribution in [1.29, 1.82) is 0 Å². The first-order valence-electron chi connectivity index (χ1n) is 13.4. The molecule has 4 heteroatoms. The highest BCUT2D eigenvalue weighted by atomic mass is 16.5. The first-order valence-corrected chi connectivity index (χ1v) is 13.4. The summed E-state index contributed by atoms with van der Waals surface area (Å²) < 4.78 is 5.68. The van der Waals surface area contributed by atoms with Gasteiger partial charge in [-0.2, -0.15) is 0 Å². The van der Waals surface area contributed by atoms with Crippen LogP contribution in [0.2, 0.25) is 0 Å². The monoisotopic (exact) mass is 447 g/mol. The van der Waals surface area contributed by atoms with Crippen molar-refractivity contribution in [3.05, 3.63) is 51.8 Å². The molecule has 0 bridgehead atoms. The van der Waals surface area contributed by atoms with Crippen LogP contribution in [0.25, 0.3) is 0 Å². The first-order chi connectivity index (χ1) is 15.8. The SMILES string of the molecule is CCC1CC(N(C)C)=CC(C)=C1N1C2=C(CCCC2)[C@@]23C(c4conc4C(C)(CC)[C@H]2C)C13. The summed E-state index contributed by atoms with van der Waals surface area (Å²) in [4.78, 5) is 5.22. The molecule has 6 atom stereocenters. The van der Waals surface area contributed by atoms with Crippen LogP contribution in [0, 0.1) is 17.3 Å². The maximum atomic E-state index is 5.68. The Morgan fingerprint density at radius 3 is 2.67 bits per heavy atom. The zero-order valence-corrected chi connectivity index (χ0v) is 21.7. The Labute approximate surface area is 199 Å². The third kappa shape index (κ3) is 2.46. The topological polar surface area (TPSA) is 32.5 Å². The largest absolute Gasteiger partial charge is 0.381 e. The highest BCUT2D eigenvalue weighted by Gasteiger charge is 2.80. The lowest BCUT2D eigenvalue weighted by Crippen LogP contribution is -2.41. The molecule has 6 rings (SSSR count). The van der Waals surface area contributed by atoms with E-state index in [0.717, 1.165) is 12.8 Å². The second-order valence-electron chi connectivity index (χ2n) is 11.9. The van der Waals surface area contributed by atoms with Crippen LogP contribution < -0.4 is 0 Å². The molecule has 1 aromatic heterocycles. The van der Waals surface area contributed by atoms with E-state index in [-0.39, 0.29) is 10.8 Å². The Morgan fingerprint density at radius 2 is 1.97 bits per heavy atom. The Hall–Kier alpha value is -1.97. The van der Waals surface area contributed by atoms with Gasteiger partial charge in [-0.15, -0.1) is 0 Å². The minimum absolute atomic E-state index is 0.0806. The molecule has 178 valence electrons. The smallest absolute Gasteiger partial charge is 0.127 e. The van der Waals surface area contributed by atoms with Gasteiger partial charge in [0.1, 0.15) is 6.26 Å². The first kappa shape index (κ1) is 21.6. The number of aromatic nitrogens is 1. The fraction of sp³-hybridized carbons (Fsp3) is 0.690. The number of hydrogen-bond donors (Lipinski definition) is 0. The van der Waals surface area contributed by atoms with Gasteiger partial charge in [0, 0.05) is 59.4 Å². The van der Waals surface area contributed by atoms with Gasteiger partial charge in [-0.1, -0.05) is 32.9 Å². The van der Waals surface area contributed by atoms with Crippen LogP contribution in [0.5, 0.6) is 0 Å². The van der Waals surface area contributed by atoms with E-state index in [4.69, 9.17) is 4.52 Å². The van der Waals surface area contributed by atoms with E-state index >= 15 is 0 Å². The standard InChI is InChI=1S/C29H41N3O/c1-8-19-15-20(31(6)7)14-17(3)25(19)32-23-13-11-10-12-22(23)29-18(4)28(5,9-2)26-21(16-33-30-26)24(29)27(29)32/h14,16,18-19,24,27H,8-13,15H2,1-7H3/t18-,19?,24?,27?,28?,29-/m1/s1. The molecule has 0 aromatic carbocycles. The summed E-state index contributed by atoms with van der Waals surface area (Å²) in [5.74, 6) is 1.71. The molecule has 0 saturated heterocycles.